The first kappa shape index (κ1) is 17.5. The predicted octanol–water partition coefficient (Wildman–Crippen LogP) is 2.30. The number of nitrogens with zero attached hydrogens (tertiary/aromatic N) is 5. The maximum Gasteiger partial charge on any atom is 0.217 e. The molecule has 1 aromatic carbocycles. The SMILES string of the molecule is CC(=O)N[C@@H](C)c1nc(C2CCOCC2)nn1-c1cnc2ccccc2n1. The zero-order valence-electron chi connectivity index (χ0n) is 15.4. The minimum Gasteiger partial charge on any atom is -0.381 e. The van der Waals surface area contributed by atoms with Gasteiger partial charge < -0.3 is 10.1 Å². The van der Waals surface area contributed by atoms with Gasteiger partial charge in [-0.15, -0.1) is 5.10 Å². The summed E-state index contributed by atoms with van der Waals surface area (Å²) in [5.41, 5.74) is 1.61. The standard InChI is InChI=1S/C19H22N6O2/c1-12(21-13(2)26)19-23-18(14-7-9-27-10-8-14)24-25(19)17-11-20-15-5-3-4-6-16(15)22-17/h3-6,11-12,14H,7-10H2,1-2H3,(H,21,26)/t12-/m0/s1. The minimum atomic E-state index is -0.295. The van der Waals surface area contributed by atoms with E-state index >= 15 is 0 Å². The van der Waals surface area contributed by atoms with Gasteiger partial charge in [0.05, 0.1) is 23.3 Å². The summed E-state index contributed by atoms with van der Waals surface area (Å²) in [7, 11) is 0. The van der Waals surface area contributed by atoms with Crippen molar-refractivity contribution in [3.63, 3.8) is 0 Å². The van der Waals surface area contributed by atoms with Crippen molar-refractivity contribution in [2.24, 2.45) is 0 Å². The van der Waals surface area contributed by atoms with Crippen LogP contribution in [0.25, 0.3) is 16.9 Å². The van der Waals surface area contributed by atoms with Gasteiger partial charge in [0.15, 0.2) is 17.5 Å². The van der Waals surface area contributed by atoms with Crippen molar-refractivity contribution in [3.8, 4) is 5.82 Å². The predicted molar refractivity (Wildman–Crippen MR) is 99.5 cm³/mol. The van der Waals surface area contributed by atoms with E-state index in [1.807, 2.05) is 31.2 Å². The van der Waals surface area contributed by atoms with E-state index in [4.69, 9.17) is 14.8 Å². The number of carbonyl (C=O) groups excluding carboxylic acids is 1. The maximum atomic E-state index is 11.5. The van der Waals surface area contributed by atoms with Crippen molar-refractivity contribution in [1.29, 1.82) is 0 Å². The molecule has 140 valence electrons. The molecule has 0 unspecified atom stereocenters. The number of hydrogen-bond donors (Lipinski definition) is 1. The van der Waals surface area contributed by atoms with Gasteiger partial charge in [-0.2, -0.15) is 4.68 Å². The monoisotopic (exact) mass is 366 g/mol. The molecule has 1 N–H and O–H groups in total. The molecule has 1 amide bonds. The third-order valence-corrected chi connectivity index (χ3v) is 4.69. The Morgan fingerprint density at radius 1 is 1.22 bits per heavy atom. The summed E-state index contributed by atoms with van der Waals surface area (Å²) in [5.74, 6) is 2.13. The maximum absolute atomic E-state index is 11.5. The van der Waals surface area contributed by atoms with Crippen molar-refractivity contribution < 1.29 is 9.53 Å². The quantitative estimate of drug-likeness (QED) is 0.761. The Morgan fingerprint density at radius 2 is 1.96 bits per heavy atom. The van der Waals surface area contributed by atoms with Crippen LogP contribution in [0.1, 0.15) is 50.3 Å². The number of rotatable bonds is 4. The molecule has 0 bridgehead atoms. The van der Waals surface area contributed by atoms with E-state index in [0.717, 1.165) is 29.7 Å². The minimum absolute atomic E-state index is 0.116. The van der Waals surface area contributed by atoms with Gasteiger partial charge in [-0.1, -0.05) is 12.1 Å². The van der Waals surface area contributed by atoms with E-state index in [9.17, 15) is 4.79 Å². The number of aromatic nitrogens is 5. The zero-order chi connectivity index (χ0) is 18.8. The second-order valence-electron chi connectivity index (χ2n) is 6.77. The molecule has 0 aliphatic carbocycles. The molecule has 27 heavy (non-hydrogen) atoms. The van der Waals surface area contributed by atoms with Crippen LogP contribution in [0, 0.1) is 0 Å². The highest BCUT2D eigenvalue weighted by Gasteiger charge is 2.25. The number of amides is 1. The highest BCUT2D eigenvalue weighted by molar-refractivity contribution is 5.74. The highest BCUT2D eigenvalue weighted by Crippen LogP contribution is 2.26. The molecular formula is C19H22N6O2. The van der Waals surface area contributed by atoms with Crippen LogP contribution in [0.3, 0.4) is 0 Å². The fourth-order valence-electron chi connectivity index (χ4n) is 3.34. The lowest BCUT2D eigenvalue weighted by molar-refractivity contribution is -0.119. The van der Waals surface area contributed by atoms with Crippen LogP contribution in [-0.4, -0.2) is 43.9 Å². The highest BCUT2D eigenvalue weighted by atomic mass is 16.5. The number of benzene rings is 1. The van der Waals surface area contributed by atoms with Crippen LogP contribution in [0.2, 0.25) is 0 Å². The van der Waals surface area contributed by atoms with Crippen molar-refractivity contribution >= 4 is 16.9 Å². The summed E-state index contributed by atoms with van der Waals surface area (Å²) >= 11 is 0. The lowest BCUT2D eigenvalue weighted by Gasteiger charge is -2.18. The van der Waals surface area contributed by atoms with Gasteiger partial charge in [0.2, 0.25) is 5.91 Å². The Hall–Kier alpha value is -2.87. The number of para-hydroxylation sites is 2. The summed E-state index contributed by atoms with van der Waals surface area (Å²) in [6.07, 6.45) is 3.47. The molecule has 3 aromatic rings. The third kappa shape index (κ3) is 3.66. The molecule has 3 heterocycles. The van der Waals surface area contributed by atoms with Crippen molar-refractivity contribution in [3.05, 3.63) is 42.1 Å². The molecule has 0 spiro atoms. The number of hydrogen-bond acceptors (Lipinski definition) is 6. The molecule has 1 fully saturated rings. The molecule has 2 aromatic heterocycles. The van der Waals surface area contributed by atoms with E-state index in [2.05, 4.69) is 15.3 Å². The van der Waals surface area contributed by atoms with E-state index in [1.54, 1.807) is 10.9 Å². The van der Waals surface area contributed by atoms with Gasteiger partial charge in [-0.05, 0) is 31.9 Å². The zero-order valence-corrected chi connectivity index (χ0v) is 15.4. The van der Waals surface area contributed by atoms with Gasteiger partial charge in [0, 0.05) is 26.1 Å². The molecule has 1 aliphatic heterocycles. The second kappa shape index (κ2) is 7.40. The smallest absolute Gasteiger partial charge is 0.217 e. The van der Waals surface area contributed by atoms with E-state index in [1.165, 1.54) is 6.92 Å². The van der Waals surface area contributed by atoms with Gasteiger partial charge >= 0.3 is 0 Å². The summed E-state index contributed by atoms with van der Waals surface area (Å²) < 4.78 is 7.15. The molecule has 4 rings (SSSR count). The van der Waals surface area contributed by atoms with Gasteiger partial charge in [-0.3, -0.25) is 9.78 Å². The molecule has 0 saturated carbocycles. The number of ether oxygens (including phenoxy) is 1. The molecule has 0 radical (unpaired) electrons. The Bertz CT molecular complexity index is 964. The molecule has 1 saturated heterocycles. The number of nitrogens with one attached hydrogen (secondary N) is 1. The van der Waals surface area contributed by atoms with Crippen LogP contribution in [0.5, 0.6) is 0 Å². The largest absolute Gasteiger partial charge is 0.381 e. The van der Waals surface area contributed by atoms with Crippen LogP contribution in [0.4, 0.5) is 0 Å². The normalized spacial score (nSPS) is 16.4. The molecule has 1 atom stereocenters. The van der Waals surface area contributed by atoms with Crippen molar-refractivity contribution in [2.75, 3.05) is 13.2 Å². The molecule has 8 heteroatoms. The Labute approximate surface area is 157 Å². The van der Waals surface area contributed by atoms with Crippen molar-refractivity contribution in [1.82, 2.24) is 30.0 Å². The summed E-state index contributed by atoms with van der Waals surface area (Å²) in [4.78, 5) is 25.5. The number of fused-ring (bicyclic) bond motifs is 1. The van der Waals surface area contributed by atoms with Gasteiger partial charge in [0.25, 0.3) is 0 Å². The van der Waals surface area contributed by atoms with E-state index in [-0.39, 0.29) is 17.9 Å². The average Bonchev–Trinajstić information content (AvgIpc) is 3.13. The summed E-state index contributed by atoms with van der Waals surface area (Å²) in [6.45, 7) is 4.81. The van der Waals surface area contributed by atoms with Crippen LogP contribution >= 0.6 is 0 Å². The van der Waals surface area contributed by atoms with Crippen molar-refractivity contribution in [2.45, 2.75) is 38.6 Å². The summed E-state index contributed by atoms with van der Waals surface area (Å²) in [5, 5.41) is 7.62. The lowest BCUT2D eigenvalue weighted by atomic mass is 10.00. The third-order valence-electron chi connectivity index (χ3n) is 4.69. The lowest BCUT2D eigenvalue weighted by Crippen LogP contribution is -2.26. The van der Waals surface area contributed by atoms with Crippen LogP contribution < -0.4 is 5.32 Å². The van der Waals surface area contributed by atoms with Crippen LogP contribution in [0.15, 0.2) is 30.5 Å². The number of carbonyl (C=O) groups is 1. The Kier molecular flexibility index (Phi) is 4.81. The topological polar surface area (TPSA) is 94.8 Å². The first-order valence-corrected chi connectivity index (χ1v) is 9.15. The summed E-state index contributed by atoms with van der Waals surface area (Å²) in [6, 6.07) is 7.40. The van der Waals surface area contributed by atoms with E-state index in [0.29, 0.717) is 24.9 Å². The average molecular weight is 366 g/mol. The van der Waals surface area contributed by atoms with Crippen LogP contribution in [-0.2, 0) is 9.53 Å². The second-order valence-corrected chi connectivity index (χ2v) is 6.77. The fraction of sp³-hybridized carbons (Fsp3) is 0.421. The van der Waals surface area contributed by atoms with Gasteiger partial charge in [-0.25, -0.2) is 9.97 Å². The Morgan fingerprint density at radius 3 is 2.70 bits per heavy atom. The molecule has 8 nitrogen and oxygen atoms in total. The fourth-order valence-corrected chi connectivity index (χ4v) is 3.34. The van der Waals surface area contributed by atoms with Gasteiger partial charge in [0.1, 0.15) is 0 Å². The molecule has 1 aliphatic rings. The first-order chi connectivity index (χ1) is 13.1. The Balaban J connectivity index is 1.77. The molecular weight excluding hydrogens is 344 g/mol. The van der Waals surface area contributed by atoms with E-state index < -0.39 is 0 Å². The first-order valence-electron chi connectivity index (χ1n) is 9.15.